The summed E-state index contributed by atoms with van der Waals surface area (Å²) in [6.45, 7) is 0.396. The maximum Gasteiger partial charge on any atom is 0.328 e. The molecule has 0 aliphatic rings. The number of aliphatic hydroxyl groups is 1. The van der Waals surface area contributed by atoms with Crippen LogP contribution in [0.25, 0.3) is 0 Å². The molecule has 14 heteroatoms. The molecule has 0 aromatic carbocycles. The monoisotopic (exact) mass is 427 g/mol. The molecule has 1 heterocycles. The minimum atomic E-state index is -1.56. The normalized spacial score (nSPS) is 14.6. The third kappa shape index (κ3) is 7.84. The fourth-order valence-corrected chi connectivity index (χ4v) is 2.28. The highest BCUT2D eigenvalue weighted by Gasteiger charge is 2.29. The van der Waals surface area contributed by atoms with Gasteiger partial charge in [-0.05, 0) is 6.92 Å². The minimum absolute atomic E-state index is 0.0906. The van der Waals surface area contributed by atoms with Crippen molar-refractivity contribution in [1.29, 1.82) is 0 Å². The number of rotatable bonds is 12. The van der Waals surface area contributed by atoms with Crippen LogP contribution in [0.15, 0.2) is 12.5 Å². The largest absolute Gasteiger partial charge is 0.480 e. The lowest BCUT2D eigenvalue weighted by Crippen LogP contribution is -2.57. The van der Waals surface area contributed by atoms with Crippen molar-refractivity contribution >= 4 is 29.6 Å². The molecule has 0 fully saturated rings. The van der Waals surface area contributed by atoms with Crippen molar-refractivity contribution < 1.29 is 34.2 Å². The second-order valence-electron chi connectivity index (χ2n) is 6.43. The van der Waals surface area contributed by atoms with Crippen molar-refractivity contribution in [3.05, 3.63) is 18.2 Å². The Labute approximate surface area is 170 Å². The van der Waals surface area contributed by atoms with Crippen LogP contribution in [0, 0.1) is 0 Å². The Balaban J connectivity index is 2.73. The first-order valence-electron chi connectivity index (χ1n) is 8.81. The molecule has 166 valence electrons. The predicted octanol–water partition coefficient (Wildman–Crippen LogP) is -4.29. The Bertz CT molecular complexity index is 768. The average Bonchev–Trinajstić information content (AvgIpc) is 3.17. The standard InChI is InChI=1S/C16H25N7O7/c1-7(13(26)23-11(5-24)16(29)30)21-15(28)10(3-12(18)25)22-14(27)9(17)2-8-4-19-6-20-8/h4,6-7,9-11,24H,2-3,5,17H2,1H3,(H2,18,25)(H,19,20)(H,21,28)(H,22,27)(H,23,26)(H,29,30). The van der Waals surface area contributed by atoms with Crippen LogP contribution in [0.3, 0.4) is 0 Å². The summed E-state index contributed by atoms with van der Waals surface area (Å²) in [6.07, 6.45) is 2.41. The van der Waals surface area contributed by atoms with Gasteiger partial charge in [-0.15, -0.1) is 0 Å². The van der Waals surface area contributed by atoms with E-state index in [1.165, 1.54) is 19.4 Å². The number of aliphatic carboxylic acids is 1. The Hall–Kier alpha value is -3.52. The number of carbonyl (C=O) groups is 5. The average molecular weight is 427 g/mol. The number of carboxylic acid groups (broad SMARTS) is 1. The van der Waals surface area contributed by atoms with E-state index >= 15 is 0 Å². The first kappa shape index (κ1) is 24.5. The van der Waals surface area contributed by atoms with E-state index in [0.717, 1.165) is 0 Å². The van der Waals surface area contributed by atoms with E-state index < -0.39 is 66.8 Å². The van der Waals surface area contributed by atoms with Crippen LogP contribution in [0.2, 0.25) is 0 Å². The molecular formula is C16H25N7O7. The number of aromatic nitrogens is 2. The number of nitrogens with zero attached hydrogens (tertiary/aromatic N) is 1. The van der Waals surface area contributed by atoms with E-state index in [1.54, 1.807) is 0 Å². The lowest BCUT2D eigenvalue weighted by atomic mass is 10.1. The van der Waals surface area contributed by atoms with E-state index in [1.807, 2.05) is 5.32 Å². The van der Waals surface area contributed by atoms with Crippen LogP contribution in [0.4, 0.5) is 0 Å². The maximum absolute atomic E-state index is 12.4. The zero-order valence-electron chi connectivity index (χ0n) is 16.1. The number of aromatic amines is 1. The van der Waals surface area contributed by atoms with Crippen LogP contribution >= 0.6 is 0 Å². The number of primary amides is 1. The third-order valence-electron chi connectivity index (χ3n) is 3.92. The van der Waals surface area contributed by atoms with Gasteiger partial charge in [-0.1, -0.05) is 0 Å². The summed E-state index contributed by atoms with van der Waals surface area (Å²) >= 11 is 0. The van der Waals surface area contributed by atoms with E-state index in [-0.39, 0.29) is 6.42 Å². The summed E-state index contributed by atoms with van der Waals surface area (Å²) in [5, 5.41) is 24.3. The van der Waals surface area contributed by atoms with Gasteiger partial charge in [-0.3, -0.25) is 19.2 Å². The number of amides is 4. The lowest BCUT2D eigenvalue weighted by Gasteiger charge is -2.22. The van der Waals surface area contributed by atoms with E-state index in [4.69, 9.17) is 21.7 Å². The highest BCUT2D eigenvalue weighted by Crippen LogP contribution is 2.00. The van der Waals surface area contributed by atoms with Crippen LogP contribution in [-0.2, 0) is 30.4 Å². The molecule has 4 amide bonds. The van der Waals surface area contributed by atoms with Crippen molar-refractivity contribution in [2.24, 2.45) is 11.5 Å². The molecule has 0 radical (unpaired) electrons. The van der Waals surface area contributed by atoms with Crippen LogP contribution in [-0.4, -0.2) is 80.6 Å². The van der Waals surface area contributed by atoms with Gasteiger partial charge in [-0.2, -0.15) is 0 Å². The van der Waals surface area contributed by atoms with Gasteiger partial charge in [0, 0.05) is 18.3 Å². The highest BCUT2D eigenvalue weighted by molar-refractivity contribution is 5.96. The number of hydrogen-bond donors (Lipinski definition) is 8. The van der Waals surface area contributed by atoms with Crippen LogP contribution in [0.5, 0.6) is 0 Å². The molecule has 4 atom stereocenters. The van der Waals surface area contributed by atoms with Gasteiger partial charge in [0.15, 0.2) is 0 Å². The molecule has 1 aromatic heterocycles. The smallest absolute Gasteiger partial charge is 0.328 e. The Morgan fingerprint density at radius 2 is 1.73 bits per heavy atom. The molecule has 14 nitrogen and oxygen atoms in total. The predicted molar refractivity (Wildman–Crippen MR) is 100 cm³/mol. The number of nitrogens with two attached hydrogens (primary N) is 2. The van der Waals surface area contributed by atoms with Crippen molar-refractivity contribution in [2.75, 3.05) is 6.61 Å². The quantitative estimate of drug-likeness (QED) is 0.161. The molecule has 1 aromatic rings. The zero-order valence-corrected chi connectivity index (χ0v) is 16.1. The van der Waals surface area contributed by atoms with Crippen molar-refractivity contribution in [1.82, 2.24) is 25.9 Å². The topological polar surface area (TPSA) is 243 Å². The molecule has 10 N–H and O–H groups in total. The summed E-state index contributed by atoms with van der Waals surface area (Å²) in [5.41, 5.74) is 11.5. The van der Waals surface area contributed by atoms with Gasteiger partial charge < -0.3 is 42.6 Å². The van der Waals surface area contributed by atoms with Crippen LogP contribution in [0.1, 0.15) is 19.0 Å². The van der Waals surface area contributed by atoms with Gasteiger partial charge in [0.1, 0.15) is 18.1 Å². The number of carbonyl (C=O) groups excluding carboxylic acids is 4. The first-order chi connectivity index (χ1) is 14.0. The highest BCUT2D eigenvalue weighted by atomic mass is 16.4. The second-order valence-corrected chi connectivity index (χ2v) is 6.43. The molecule has 30 heavy (non-hydrogen) atoms. The number of nitrogens with one attached hydrogen (secondary N) is 4. The Morgan fingerprint density at radius 3 is 2.23 bits per heavy atom. The molecule has 0 spiro atoms. The van der Waals surface area contributed by atoms with Crippen LogP contribution < -0.4 is 27.4 Å². The molecule has 0 saturated heterocycles. The van der Waals surface area contributed by atoms with Gasteiger partial charge in [0.2, 0.25) is 23.6 Å². The van der Waals surface area contributed by atoms with E-state index in [0.29, 0.717) is 5.69 Å². The summed E-state index contributed by atoms with van der Waals surface area (Å²) in [5.74, 6) is -4.90. The fourth-order valence-electron chi connectivity index (χ4n) is 2.28. The number of carboxylic acids is 1. The molecule has 4 unspecified atom stereocenters. The summed E-state index contributed by atoms with van der Waals surface area (Å²) in [6, 6.07) is -5.27. The number of hydrogen-bond acceptors (Lipinski definition) is 8. The summed E-state index contributed by atoms with van der Waals surface area (Å²) < 4.78 is 0. The van der Waals surface area contributed by atoms with E-state index in [9.17, 15) is 24.0 Å². The van der Waals surface area contributed by atoms with Crippen molar-refractivity contribution in [3.63, 3.8) is 0 Å². The Kier molecular flexibility index (Phi) is 9.38. The fraction of sp³-hybridized carbons (Fsp3) is 0.500. The summed E-state index contributed by atoms with van der Waals surface area (Å²) in [7, 11) is 0. The van der Waals surface area contributed by atoms with Crippen molar-refractivity contribution in [2.45, 2.75) is 43.9 Å². The molecule has 0 aliphatic heterocycles. The SMILES string of the molecule is CC(NC(=O)C(CC(N)=O)NC(=O)C(N)Cc1cnc[nH]1)C(=O)NC(CO)C(=O)O. The van der Waals surface area contributed by atoms with Gasteiger partial charge in [0.05, 0.1) is 25.4 Å². The van der Waals surface area contributed by atoms with E-state index in [2.05, 4.69) is 20.6 Å². The lowest BCUT2D eigenvalue weighted by molar-refractivity contribution is -0.143. The molecular weight excluding hydrogens is 402 g/mol. The van der Waals surface area contributed by atoms with Crippen molar-refractivity contribution in [3.8, 4) is 0 Å². The Morgan fingerprint density at radius 1 is 1.10 bits per heavy atom. The molecule has 1 rings (SSSR count). The minimum Gasteiger partial charge on any atom is -0.480 e. The third-order valence-corrected chi connectivity index (χ3v) is 3.92. The number of H-pyrrole nitrogens is 1. The molecule has 0 bridgehead atoms. The second kappa shape index (κ2) is 11.5. The van der Waals surface area contributed by atoms with Gasteiger partial charge in [0.25, 0.3) is 0 Å². The molecule has 0 saturated carbocycles. The number of imidazole rings is 1. The van der Waals surface area contributed by atoms with Gasteiger partial charge in [-0.25, -0.2) is 9.78 Å². The maximum atomic E-state index is 12.4. The van der Waals surface area contributed by atoms with Gasteiger partial charge >= 0.3 is 5.97 Å². The first-order valence-corrected chi connectivity index (χ1v) is 8.81. The molecule has 0 aliphatic carbocycles. The zero-order chi connectivity index (χ0) is 22.8. The summed E-state index contributed by atoms with van der Waals surface area (Å²) in [4.78, 5) is 65.4. The number of aliphatic hydroxyl groups excluding tert-OH is 1.